The zero-order valence-corrected chi connectivity index (χ0v) is 12.7. The highest BCUT2D eigenvalue weighted by Gasteiger charge is 2.17. The number of nitrogens with zero attached hydrogens (tertiary/aromatic N) is 3. The van der Waals surface area contributed by atoms with Gasteiger partial charge >= 0.3 is 0 Å². The van der Waals surface area contributed by atoms with Crippen LogP contribution in [0.25, 0.3) is 5.69 Å². The van der Waals surface area contributed by atoms with Gasteiger partial charge in [0, 0.05) is 6.54 Å². The molecule has 1 N–H and O–H groups in total. The van der Waals surface area contributed by atoms with E-state index in [0.29, 0.717) is 0 Å². The Labute approximate surface area is 126 Å². The predicted octanol–water partition coefficient (Wildman–Crippen LogP) is 3.18. The van der Waals surface area contributed by atoms with Crippen molar-refractivity contribution in [3.05, 3.63) is 42.2 Å². The second-order valence-corrected chi connectivity index (χ2v) is 6.22. The molecule has 1 aliphatic carbocycles. The number of rotatable bonds is 5. The van der Waals surface area contributed by atoms with Crippen LogP contribution in [-0.2, 0) is 6.54 Å². The van der Waals surface area contributed by atoms with Gasteiger partial charge < -0.3 is 5.32 Å². The summed E-state index contributed by atoms with van der Waals surface area (Å²) in [6, 6.07) is 10.0. The van der Waals surface area contributed by atoms with Crippen LogP contribution >= 0.6 is 0 Å². The van der Waals surface area contributed by atoms with Crippen LogP contribution in [0.5, 0.6) is 0 Å². The van der Waals surface area contributed by atoms with Crippen molar-refractivity contribution >= 4 is 0 Å². The molecule has 1 saturated carbocycles. The average molecular weight is 284 g/mol. The molecule has 0 saturated heterocycles. The van der Waals surface area contributed by atoms with Gasteiger partial charge in [0.25, 0.3) is 0 Å². The van der Waals surface area contributed by atoms with Gasteiger partial charge in [-0.3, -0.25) is 0 Å². The zero-order valence-electron chi connectivity index (χ0n) is 12.7. The van der Waals surface area contributed by atoms with Gasteiger partial charge in [0.05, 0.1) is 17.6 Å². The third kappa shape index (κ3) is 3.91. The Morgan fingerprint density at radius 3 is 2.67 bits per heavy atom. The van der Waals surface area contributed by atoms with Crippen LogP contribution in [0.2, 0.25) is 0 Å². The van der Waals surface area contributed by atoms with Crippen molar-refractivity contribution in [1.82, 2.24) is 20.3 Å². The average Bonchev–Trinajstić information content (AvgIpc) is 2.99. The molecule has 1 fully saturated rings. The summed E-state index contributed by atoms with van der Waals surface area (Å²) in [5, 5.41) is 12.4. The van der Waals surface area contributed by atoms with E-state index < -0.39 is 0 Å². The Kier molecular flexibility index (Phi) is 4.65. The summed E-state index contributed by atoms with van der Waals surface area (Å²) in [5.74, 6) is 1.76. The number of para-hydroxylation sites is 1. The molecular formula is C17H24N4. The van der Waals surface area contributed by atoms with E-state index >= 15 is 0 Å². The summed E-state index contributed by atoms with van der Waals surface area (Å²) in [5.41, 5.74) is 2.01. The molecule has 0 radical (unpaired) electrons. The SMILES string of the molecule is CC1CCC(CNCc2cnn(-c3ccccc3)n2)CC1. The Balaban J connectivity index is 1.47. The summed E-state index contributed by atoms with van der Waals surface area (Å²) in [6.07, 6.45) is 7.35. The Hall–Kier alpha value is -1.68. The number of benzene rings is 1. The van der Waals surface area contributed by atoms with Gasteiger partial charge in [-0.2, -0.15) is 15.0 Å². The Bertz CT molecular complexity index is 541. The van der Waals surface area contributed by atoms with Crippen LogP contribution in [-0.4, -0.2) is 21.5 Å². The minimum absolute atomic E-state index is 0.804. The first-order valence-electron chi connectivity index (χ1n) is 7.98. The molecule has 0 atom stereocenters. The van der Waals surface area contributed by atoms with Gasteiger partial charge in [-0.25, -0.2) is 0 Å². The van der Waals surface area contributed by atoms with Gasteiger partial charge in [0.1, 0.15) is 0 Å². The second-order valence-electron chi connectivity index (χ2n) is 6.22. The quantitative estimate of drug-likeness (QED) is 0.917. The van der Waals surface area contributed by atoms with Crippen LogP contribution < -0.4 is 5.32 Å². The van der Waals surface area contributed by atoms with Gasteiger partial charge in [0.15, 0.2) is 0 Å². The van der Waals surface area contributed by atoms with Crippen molar-refractivity contribution in [2.75, 3.05) is 6.54 Å². The van der Waals surface area contributed by atoms with E-state index in [2.05, 4.69) is 22.4 Å². The normalized spacial score (nSPS) is 22.3. The van der Waals surface area contributed by atoms with E-state index in [4.69, 9.17) is 0 Å². The largest absolute Gasteiger partial charge is 0.311 e. The van der Waals surface area contributed by atoms with E-state index in [0.717, 1.165) is 36.3 Å². The van der Waals surface area contributed by atoms with Crippen molar-refractivity contribution in [1.29, 1.82) is 0 Å². The van der Waals surface area contributed by atoms with Crippen LogP contribution in [0.1, 0.15) is 38.3 Å². The maximum Gasteiger partial charge on any atom is 0.0969 e. The summed E-state index contributed by atoms with van der Waals surface area (Å²) in [4.78, 5) is 1.69. The molecule has 1 aromatic carbocycles. The maximum absolute atomic E-state index is 4.52. The number of hydrogen-bond acceptors (Lipinski definition) is 3. The molecule has 0 aliphatic heterocycles. The first-order chi connectivity index (χ1) is 10.3. The molecule has 0 unspecified atom stereocenters. The standard InChI is InChI=1S/C17H24N4/c1-14-7-9-15(10-8-14)11-18-12-16-13-19-21(20-16)17-5-3-2-4-6-17/h2-6,13-15,18H,7-12H2,1H3. The molecule has 0 spiro atoms. The molecule has 112 valence electrons. The lowest BCUT2D eigenvalue weighted by molar-refractivity contribution is 0.281. The predicted molar refractivity (Wildman–Crippen MR) is 84.2 cm³/mol. The highest BCUT2D eigenvalue weighted by Crippen LogP contribution is 2.27. The van der Waals surface area contributed by atoms with Crippen molar-refractivity contribution in [3.63, 3.8) is 0 Å². The molecule has 0 bridgehead atoms. The topological polar surface area (TPSA) is 42.7 Å². The summed E-state index contributed by atoms with van der Waals surface area (Å²) < 4.78 is 0. The smallest absolute Gasteiger partial charge is 0.0969 e. The summed E-state index contributed by atoms with van der Waals surface area (Å²) >= 11 is 0. The molecular weight excluding hydrogens is 260 g/mol. The van der Waals surface area contributed by atoms with E-state index in [9.17, 15) is 0 Å². The number of aromatic nitrogens is 3. The lowest BCUT2D eigenvalue weighted by Crippen LogP contribution is -2.25. The fourth-order valence-corrected chi connectivity index (χ4v) is 3.00. The lowest BCUT2D eigenvalue weighted by atomic mass is 9.83. The molecule has 0 amide bonds. The van der Waals surface area contributed by atoms with Gasteiger partial charge in [-0.15, -0.1) is 0 Å². The zero-order chi connectivity index (χ0) is 14.5. The Morgan fingerprint density at radius 1 is 1.14 bits per heavy atom. The minimum atomic E-state index is 0.804. The lowest BCUT2D eigenvalue weighted by Gasteiger charge is -2.26. The first kappa shape index (κ1) is 14.3. The van der Waals surface area contributed by atoms with Crippen LogP contribution in [0.15, 0.2) is 36.5 Å². The molecule has 21 heavy (non-hydrogen) atoms. The highest BCUT2D eigenvalue weighted by molar-refractivity contribution is 5.28. The molecule has 4 heteroatoms. The molecule has 1 aliphatic rings. The van der Waals surface area contributed by atoms with Crippen LogP contribution in [0.3, 0.4) is 0 Å². The third-order valence-corrected chi connectivity index (χ3v) is 4.40. The van der Waals surface area contributed by atoms with Crippen molar-refractivity contribution in [2.24, 2.45) is 11.8 Å². The van der Waals surface area contributed by atoms with Gasteiger partial charge in [-0.05, 0) is 43.4 Å². The monoisotopic (exact) mass is 284 g/mol. The molecule has 3 rings (SSSR count). The summed E-state index contributed by atoms with van der Waals surface area (Å²) in [6.45, 7) is 4.27. The number of hydrogen-bond donors (Lipinski definition) is 1. The first-order valence-corrected chi connectivity index (χ1v) is 7.98. The fraction of sp³-hybridized carbons (Fsp3) is 0.529. The highest BCUT2D eigenvalue weighted by atomic mass is 15.5. The van der Waals surface area contributed by atoms with E-state index in [-0.39, 0.29) is 0 Å². The molecule has 4 nitrogen and oxygen atoms in total. The van der Waals surface area contributed by atoms with Crippen LogP contribution in [0, 0.1) is 11.8 Å². The molecule has 2 aromatic rings. The van der Waals surface area contributed by atoms with Gasteiger partial charge in [0.2, 0.25) is 0 Å². The van der Waals surface area contributed by atoms with E-state index in [1.165, 1.54) is 25.7 Å². The van der Waals surface area contributed by atoms with Crippen LogP contribution in [0.4, 0.5) is 0 Å². The second kappa shape index (κ2) is 6.85. The van der Waals surface area contributed by atoms with Crippen molar-refractivity contribution < 1.29 is 0 Å². The van der Waals surface area contributed by atoms with Crippen molar-refractivity contribution in [2.45, 2.75) is 39.2 Å². The van der Waals surface area contributed by atoms with Gasteiger partial charge in [-0.1, -0.05) is 38.0 Å². The van der Waals surface area contributed by atoms with E-state index in [1.807, 2.05) is 36.5 Å². The minimum Gasteiger partial charge on any atom is -0.311 e. The molecule has 1 heterocycles. The third-order valence-electron chi connectivity index (χ3n) is 4.40. The van der Waals surface area contributed by atoms with Crippen molar-refractivity contribution in [3.8, 4) is 5.69 Å². The Morgan fingerprint density at radius 2 is 1.90 bits per heavy atom. The fourth-order valence-electron chi connectivity index (χ4n) is 3.00. The van der Waals surface area contributed by atoms with E-state index in [1.54, 1.807) is 4.80 Å². The molecule has 1 aromatic heterocycles. The summed E-state index contributed by atoms with van der Waals surface area (Å²) in [7, 11) is 0. The number of nitrogens with one attached hydrogen (secondary N) is 1. The maximum atomic E-state index is 4.52.